The van der Waals surface area contributed by atoms with E-state index in [-0.39, 0.29) is 12.3 Å². The van der Waals surface area contributed by atoms with Crippen LogP contribution in [0.1, 0.15) is 26.3 Å². The molecule has 0 atom stereocenters. The summed E-state index contributed by atoms with van der Waals surface area (Å²) in [6, 6.07) is 7.73. The zero-order valence-electron chi connectivity index (χ0n) is 15.3. The van der Waals surface area contributed by atoms with Gasteiger partial charge in [-0.15, -0.1) is 0 Å². The van der Waals surface area contributed by atoms with Gasteiger partial charge in [0.05, 0.1) is 12.3 Å². The number of sulfonamides is 1. The fraction of sp³-hybridized carbons (Fsp3) is 0.588. The van der Waals surface area contributed by atoms with Gasteiger partial charge in [-0.1, -0.05) is 37.6 Å². The maximum Gasteiger partial charge on any atom is 0.215 e. The third kappa shape index (κ3) is 8.07. The van der Waals surface area contributed by atoms with E-state index in [1.165, 1.54) is 4.31 Å². The summed E-state index contributed by atoms with van der Waals surface area (Å²) in [5.74, 6) is 0.638. The second-order valence-electron chi connectivity index (χ2n) is 5.47. The highest BCUT2D eigenvalue weighted by molar-refractivity contribution is 7.89. The molecule has 1 rings (SSSR count). The molecule has 0 amide bonds. The first-order valence-corrected chi connectivity index (χ1v) is 10.7. The van der Waals surface area contributed by atoms with E-state index in [4.69, 9.17) is 11.6 Å². The fourth-order valence-electron chi connectivity index (χ4n) is 2.38. The number of nitrogens with zero attached hydrogens (tertiary/aromatic N) is 2. The number of rotatable bonds is 10. The first-order valence-electron chi connectivity index (χ1n) is 8.67. The van der Waals surface area contributed by atoms with E-state index in [1.807, 2.05) is 45.0 Å². The Morgan fingerprint density at radius 2 is 1.92 bits per heavy atom. The molecule has 2 N–H and O–H groups in total. The smallest absolute Gasteiger partial charge is 0.215 e. The van der Waals surface area contributed by atoms with Crippen LogP contribution in [0.5, 0.6) is 0 Å². The summed E-state index contributed by atoms with van der Waals surface area (Å²) < 4.78 is 25.8. The molecule has 0 unspecified atom stereocenters. The molecule has 0 aromatic heterocycles. The number of nitrogens with one attached hydrogen (secondary N) is 2. The molecule has 0 fully saturated rings. The molecule has 6 nitrogen and oxygen atoms in total. The third-order valence-electron chi connectivity index (χ3n) is 3.66. The van der Waals surface area contributed by atoms with Crippen LogP contribution in [0.4, 0.5) is 0 Å². The summed E-state index contributed by atoms with van der Waals surface area (Å²) in [7, 11) is -3.25. The summed E-state index contributed by atoms with van der Waals surface area (Å²) in [5, 5.41) is 7.07. The molecule has 0 aliphatic rings. The average molecular weight is 389 g/mol. The minimum atomic E-state index is -3.25. The Labute approximate surface area is 156 Å². The molecular weight excluding hydrogens is 360 g/mol. The van der Waals surface area contributed by atoms with Crippen LogP contribution < -0.4 is 10.6 Å². The molecule has 25 heavy (non-hydrogen) atoms. The number of aliphatic imine (C=N–C) groups is 1. The van der Waals surface area contributed by atoms with Gasteiger partial charge in [-0.25, -0.2) is 12.7 Å². The lowest BCUT2D eigenvalue weighted by Crippen LogP contribution is -2.39. The molecule has 0 aliphatic heterocycles. The van der Waals surface area contributed by atoms with Gasteiger partial charge in [-0.3, -0.25) is 4.99 Å². The molecule has 1 aromatic rings. The number of guanidine groups is 1. The number of hydrogen-bond donors (Lipinski definition) is 2. The van der Waals surface area contributed by atoms with Crippen molar-refractivity contribution in [3.8, 4) is 0 Å². The molecule has 0 bridgehead atoms. The molecule has 0 spiro atoms. The maximum absolute atomic E-state index is 12.2. The standard InChI is InChI=1S/C17H29ClN4O2S/c1-4-19-17(20-11-10-15-8-7-9-16(18)14-15)21-12-13-25(23,24)22(5-2)6-3/h7-9,14H,4-6,10-13H2,1-3H3,(H2,19,20,21). The highest BCUT2D eigenvalue weighted by Crippen LogP contribution is 2.10. The summed E-state index contributed by atoms with van der Waals surface area (Å²) in [6.07, 6.45) is 0.808. The minimum Gasteiger partial charge on any atom is -0.357 e. The van der Waals surface area contributed by atoms with Crippen molar-refractivity contribution in [3.63, 3.8) is 0 Å². The van der Waals surface area contributed by atoms with E-state index < -0.39 is 10.0 Å². The molecule has 142 valence electrons. The van der Waals surface area contributed by atoms with Crippen molar-refractivity contribution >= 4 is 27.6 Å². The predicted octanol–water partition coefficient (Wildman–Crippen LogP) is 2.11. The van der Waals surface area contributed by atoms with Gasteiger partial charge in [-0.2, -0.15) is 0 Å². The SMILES string of the molecule is CCNC(=NCCS(=O)(=O)N(CC)CC)NCCc1cccc(Cl)c1. The number of hydrogen-bond acceptors (Lipinski definition) is 3. The Balaban J connectivity index is 2.53. The van der Waals surface area contributed by atoms with E-state index in [0.717, 1.165) is 17.0 Å². The van der Waals surface area contributed by atoms with Crippen molar-refractivity contribution in [2.75, 3.05) is 38.5 Å². The van der Waals surface area contributed by atoms with Gasteiger partial charge in [0.15, 0.2) is 5.96 Å². The molecule has 0 radical (unpaired) electrons. The van der Waals surface area contributed by atoms with Crippen LogP contribution >= 0.6 is 11.6 Å². The van der Waals surface area contributed by atoms with E-state index in [1.54, 1.807) is 0 Å². The average Bonchev–Trinajstić information content (AvgIpc) is 2.55. The van der Waals surface area contributed by atoms with Crippen molar-refractivity contribution in [2.24, 2.45) is 4.99 Å². The van der Waals surface area contributed by atoms with Crippen molar-refractivity contribution in [2.45, 2.75) is 27.2 Å². The van der Waals surface area contributed by atoms with Gasteiger partial charge in [0.1, 0.15) is 0 Å². The van der Waals surface area contributed by atoms with E-state index in [9.17, 15) is 8.42 Å². The van der Waals surface area contributed by atoms with Crippen LogP contribution in [0.3, 0.4) is 0 Å². The Hall–Kier alpha value is -1.31. The molecule has 0 aliphatic carbocycles. The largest absolute Gasteiger partial charge is 0.357 e. The van der Waals surface area contributed by atoms with Crippen LogP contribution in [0.25, 0.3) is 0 Å². The zero-order valence-corrected chi connectivity index (χ0v) is 16.8. The molecule has 8 heteroatoms. The number of benzene rings is 1. The second kappa shape index (κ2) is 11.3. The summed E-state index contributed by atoms with van der Waals surface area (Å²) in [4.78, 5) is 4.36. The highest BCUT2D eigenvalue weighted by Gasteiger charge is 2.17. The lowest BCUT2D eigenvalue weighted by atomic mass is 10.1. The molecule has 0 saturated carbocycles. The lowest BCUT2D eigenvalue weighted by molar-refractivity contribution is 0.445. The van der Waals surface area contributed by atoms with E-state index in [0.29, 0.717) is 32.1 Å². The molecule has 0 heterocycles. The van der Waals surface area contributed by atoms with Crippen LogP contribution in [0, 0.1) is 0 Å². The van der Waals surface area contributed by atoms with Crippen molar-refractivity contribution in [3.05, 3.63) is 34.9 Å². The van der Waals surface area contributed by atoms with Gasteiger partial charge >= 0.3 is 0 Å². The molecule has 0 saturated heterocycles. The first kappa shape index (κ1) is 21.7. The van der Waals surface area contributed by atoms with E-state index in [2.05, 4.69) is 15.6 Å². The van der Waals surface area contributed by atoms with Crippen LogP contribution in [-0.4, -0.2) is 57.2 Å². The quantitative estimate of drug-likeness (QED) is 0.475. The van der Waals surface area contributed by atoms with Gasteiger partial charge in [-0.05, 0) is 31.0 Å². The Morgan fingerprint density at radius 3 is 2.52 bits per heavy atom. The Morgan fingerprint density at radius 1 is 1.20 bits per heavy atom. The van der Waals surface area contributed by atoms with Gasteiger partial charge in [0, 0.05) is 31.2 Å². The van der Waals surface area contributed by atoms with Crippen LogP contribution in [-0.2, 0) is 16.4 Å². The van der Waals surface area contributed by atoms with Crippen LogP contribution in [0.15, 0.2) is 29.3 Å². The van der Waals surface area contributed by atoms with Gasteiger partial charge in [0.25, 0.3) is 0 Å². The summed E-state index contributed by atoms with van der Waals surface area (Å²) in [5.41, 5.74) is 1.14. The van der Waals surface area contributed by atoms with Crippen molar-refractivity contribution in [1.82, 2.24) is 14.9 Å². The highest BCUT2D eigenvalue weighted by atomic mass is 35.5. The van der Waals surface area contributed by atoms with Gasteiger partial charge < -0.3 is 10.6 Å². The topological polar surface area (TPSA) is 73.8 Å². The summed E-state index contributed by atoms with van der Waals surface area (Å²) in [6.45, 7) is 8.26. The number of halogens is 1. The molecule has 1 aromatic carbocycles. The molecular formula is C17H29ClN4O2S. The summed E-state index contributed by atoms with van der Waals surface area (Å²) >= 11 is 5.98. The van der Waals surface area contributed by atoms with Crippen molar-refractivity contribution < 1.29 is 8.42 Å². The van der Waals surface area contributed by atoms with Gasteiger partial charge in [0.2, 0.25) is 10.0 Å². The minimum absolute atomic E-state index is 0.0134. The third-order valence-corrected chi connectivity index (χ3v) is 5.89. The van der Waals surface area contributed by atoms with Crippen molar-refractivity contribution in [1.29, 1.82) is 0 Å². The Kier molecular flexibility index (Phi) is 9.85. The normalized spacial score (nSPS) is 12.4. The predicted molar refractivity (Wildman–Crippen MR) is 106 cm³/mol. The van der Waals surface area contributed by atoms with E-state index >= 15 is 0 Å². The Bertz CT molecular complexity index is 646. The maximum atomic E-state index is 12.2. The monoisotopic (exact) mass is 388 g/mol. The zero-order chi connectivity index (χ0) is 18.7. The first-order chi connectivity index (χ1) is 11.9. The van der Waals surface area contributed by atoms with Crippen LogP contribution in [0.2, 0.25) is 5.02 Å². The fourth-order valence-corrected chi connectivity index (χ4v) is 3.96. The lowest BCUT2D eigenvalue weighted by Gasteiger charge is -2.18. The second-order valence-corrected chi connectivity index (χ2v) is 7.99.